The Hall–Kier alpha value is -1.23. The number of halogens is 3. The first-order chi connectivity index (χ1) is 8.86. The molecule has 0 heterocycles. The molecule has 0 aliphatic heterocycles. The molecule has 106 valence electrons. The van der Waals surface area contributed by atoms with Gasteiger partial charge in [-0.1, -0.05) is 25.5 Å². The third kappa shape index (κ3) is 4.42. The van der Waals surface area contributed by atoms with Crippen LogP contribution < -0.4 is 10.1 Å². The minimum Gasteiger partial charge on any atom is -0.406 e. The summed E-state index contributed by atoms with van der Waals surface area (Å²) in [7, 11) is 0. The molecule has 1 aromatic rings. The molecule has 0 spiro atoms. The molecule has 1 saturated carbocycles. The van der Waals surface area contributed by atoms with E-state index in [1.807, 2.05) is 0 Å². The van der Waals surface area contributed by atoms with Gasteiger partial charge in [-0.15, -0.1) is 13.2 Å². The maximum Gasteiger partial charge on any atom is 0.573 e. The van der Waals surface area contributed by atoms with Gasteiger partial charge in [0.2, 0.25) is 0 Å². The highest BCUT2D eigenvalue weighted by molar-refractivity contribution is 5.28. The van der Waals surface area contributed by atoms with Crippen LogP contribution in [0.3, 0.4) is 0 Å². The Morgan fingerprint density at radius 2 is 2.05 bits per heavy atom. The minimum atomic E-state index is -4.63. The van der Waals surface area contributed by atoms with Crippen LogP contribution in [0, 0.1) is 5.41 Å². The number of hydrogen-bond acceptors (Lipinski definition) is 2. The van der Waals surface area contributed by atoms with Gasteiger partial charge in [0.05, 0.1) is 0 Å². The van der Waals surface area contributed by atoms with E-state index in [1.165, 1.54) is 31.4 Å². The summed E-state index contributed by atoms with van der Waals surface area (Å²) in [5.74, 6) is -0.165. The minimum absolute atomic E-state index is 0.165. The summed E-state index contributed by atoms with van der Waals surface area (Å²) >= 11 is 0. The number of benzene rings is 1. The van der Waals surface area contributed by atoms with Crippen LogP contribution in [0.1, 0.15) is 31.7 Å². The molecule has 1 N–H and O–H groups in total. The Morgan fingerprint density at radius 3 is 2.63 bits per heavy atom. The average Bonchev–Trinajstić information content (AvgIpc) is 2.25. The van der Waals surface area contributed by atoms with Gasteiger partial charge in [0.1, 0.15) is 5.75 Å². The van der Waals surface area contributed by atoms with Gasteiger partial charge < -0.3 is 10.1 Å². The Balaban J connectivity index is 1.84. The summed E-state index contributed by atoms with van der Waals surface area (Å²) in [6, 6.07) is 6.09. The molecule has 0 radical (unpaired) electrons. The molecule has 1 fully saturated rings. The van der Waals surface area contributed by atoms with Crippen molar-refractivity contribution in [2.45, 2.75) is 39.1 Å². The molecule has 0 unspecified atom stereocenters. The van der Waals surface area contributed by atoms with E-state index in [4.69, 9.17) is 0 Å². The lowest BCUT2D eigenvalue weighted by molar-refractivity contribution is -0.274. The van der Waals surface area contributed by atoms with E-state index in [0.717, 1.165) is 12.1 Å². The van der Waals surface area contributed by atoms with E-state index < -0.39 is 6.36 Å². The Morgan fingerprint density at radius 1 is 1.32 bits per heavy atom. The van der Waals surface area contributed by atoms with E-state index in [9.17, 15) is 13.2 Å². The Kier molecular flexibility index (Phi) is 4.04. The zero-order valence-electron chi connectivity index (χ0n) is 10.9. The van der Waals surface area contributed by atoms with Gasteiger partial charge in [0.25, 0.3) is 0 Å². The number of ether oxygens (including phenoxy) is 1. The van der Waals surface area contributed by atoms with E-state index in [1.54, 1.807) is 12.1 Å². The van der Waals surface area contributed by atoms with Crippen LogP contribution in [0.4, 0.5) is 13.2 Å². The third-order valence-electron chi connectivity index (χ3n) is 3.57. The van der Waals surface area contributed by atoms with E-state index in [-0.39, 0.29) is 5.75 Å². The first kappa shape index (κ1) is 14.2. The molecule has 1 aliphatic carbocycles. The molecule has 1 aliphatic rings. The summed E-state index contributed by atoms with van der Waals surface area (Å²) in [5.41, 5.74) is 1.16. The van der Waals surface area contributed by atoms with Crippen LogP contribution >= 0.6 is 0 Å². The molecule has 0 amide bonds. The lowest BCUT2D eigenvalue weighted by Crippen LogP contribution is -2.36. The SMILES string of the molecule is CC1(CNCc2cccc(OC(F)(F)F)c2)CCC1. The fourth-order valence-corrected chi connectivity index (χ4v) is 2.32. The first-order valence-electron chi connectivity index (χ1n) is 6.42. The van der Waals surface area contributed by atoms with Crippen molar-refractivity contribution < 1.29 is 17.9 Å². The Labute approximate surface area is 111 Å². The molecular weight excluding hydrogens is 255 g/mol. The van der Waals surface area contributed by atoms with Crippen LogP contribution in [0.2, 0.25) is 0 Å². The van der Waals surface area contributed by atoms with Crippen molar-refractivity contribution in [2.24, 2.45) is 5.41 Å². The summed E-state index contributed by atoms with van der Waals surface area (Å²) in [4.78, 5) is 0. The van der Waals surface area contributed by atoms with Crippen molar-refractivity contribution in [1.29, 1.82) is 0 Å². The number of hydrogen-bond donors (Lipinski definition) is 1. The molecule has 0 saturated heterocycles. The summed E-state index contributed by atoms with van der Waals surface area (Å²) < 4.78 is 40.2. The van der Waals surface area contributed by atoms with Gasteiger partial charge in [-0.25, -0.2) is 0 Å². The molecule has 2 nitrogen and oxygen atoms in total. The molecule has 1 aromatic carbocycles. The van der Waals surface area contributed by atoms with E-state index in [0.29, 0.717) is 12.0 Å². The van der Waals surface area contributed by atoms with Gasteiger partial charge in [0.15, 0.2) is 0 Å². The summed E-state index contributed by atoms with van der Waals surface area (Å²) in [6.07, 6.45) is -0.924. The normalized spacial score (nSPS) is 17.9. The molecule has 0 aromatic heterocycles. The van der Waals surface area contributed by atoms with Gasteiger partial charge in [-0.2, -0.15) is 0 Å². The van der Waals surface area contributed by atoms with Crippen LogP contribution in [-0.4, -0.2) is 12.9 Å². The van der Waals surface area contributed by atoms with Crippen molar-refractivity contribution in [1.82, 2.24) is 5.32 Å². The zero-order chi connectivity index (χ0) is 13.9. The van der Waals surface area contributed by atoms with Crippen LogP contribution in [0.25, 0.3) is 0 Å². The second kappa shape index (κ2) is 5.41. The van der Waals surface area contributed by atoms with E-state index >= 15 is 0 Å². The lowest BCUT2D eigenvalue weighted by Gasteiger charge is -2.38. The second-order valence-electron chi connectivity index (χ2n) is 5.46. The maximum atomic E-state index is 12.1. The molecule has 5 heteroatoms. The quantitative estimate of drug-likeness (QED) is 0.879. The highest BCUT2D eigenvalue weighted by Gasteiger charge is 2.32. The smallest absolute Gasteiger partial charge is 0.406 e. The number of rotatable bonds is 5. The lowest BCUT2D eigenvalue weighted by atomic mass is 9.70. The van der Waals surface area contributed by atoms with Crippen LogP contribution in [0.15, 0.2) is 24.3 Å². The highest BCUT2D eigenvalue weighted by Crippen LogP contribution is 2.39. The maximum absolute atomic E-state index is 12.1. The predicted octanol–water partition coefficient (Wildman–Crippen LogP) is 3.87. The molecule has 0 bridgehead atoms. The summed E-state index contributed by atoms with van der Waals surface area (Å²) in [5, 5.41) is 3.30. The van der Waals surface area contributed by atoms with Crippen molar-refractivity contribution >= 4 is 0 Å². The van der Waals surface area contributed by atoms with Crippen molar-refractivity contribution in [3.8, 4) is 5.75 Å². The zero-order valence-corrected chi connectivity index (χ0v) is 10.9. The second-order valence-corrected chi connectivity index (χ2v) is 5.46. The molecule has 2 rings (SSSR count). The van der Waals surface area contributed by atoms with Crippen molar-refractivity contribution in [2.75, 3.05) is 6.54 Å². The first-order valence-corrected chi connectivity index (χ1v) is 6.42. The monoisotopic (exact) mass is 273 g/mol. The van der Waals surface area contributed by atoms with Gasteiger partial charge in [0, 0.05) is 13.1 Å². The van der Waals surface area contributed by atoms with Crippen molar-refractivity contribution in [3.63, 3.8) is 0 Å². The third-order valence-corrected chi connectivity index (χ3v) is 3.57. The fraction of sp³-hybridized carbons (Fsp3) is 0.571. The van der Waals surface area contributed by atoms with Gasteiger partial charge >= 0.3 is 6.36 Å². The number of nitrogens with one attached hydrogen (secondary N) is 1. The number of alkyl halides is 3. The van der Waals surface area contributed by atoms with E-state index in [2.05, 4.69) is 17.0 Å². The molecule has 0 atom stereocenters. The molecular formula is C14H18F3NO. The van der Waals surface area contributed by atoms with Crippen LogP contribution in [0.5, 0.6) is 5.75 Å². The average molecular weight is 273 g/mol. The fourth-order valence-electron chi connectivity index (χ4n) is 2.32. The molecule has 19 heavy (non-hydrogen) atoms. The van der Waals surface area contributed by atoms with Gasteiger partial charge in [-0.3, -0.25) is 0 Å². The Bertz CT molecular complexity index is 427. The highest BCUT2D eigenvalue weighted by atomic mass is 19.4. The van der Waals surface area contributed by atoms with Gasteiger partial charge in [-0.05, 0) is 36.0 Å². The standard InChI is InChI=1S/C14H18F3NO/c1-13(6-3-7-13)10-18-9-11-4-2-5-12(8-11)19-14(15,16)17/h2,4-5,8,18H,3,6-7,9-10H2,1H3. The van der Waals surface area contributed by atoms with Crippen LogP contribution in [-0.2, 0) is 6.54 Å². The topological polar surface area (TPSA) is 21.3 Å². The predicted molar refractivity (Wildman–Crippen MR) is 66.8 cm³/mol. The largest absolute Gasteiger partial charge is 0.573 e. The van der Waals surface area contributed by atoms with Crippen molar-refractivity contribution in [3.05, 3.63) is 29.8 Å². The summed E-state index contributed by atoms with van der Waals surface area (Å²) in [6.45, 7) is 3.69.